The maximum atomic E-state index is 13.2. The van der Waals surface area contributed by atoms with Gasteiger partial charge in [-0.1, -0.05) is 0 Å². The fraction of sp³-hybridized carbons (Fsp3) is 0.458. The van der Waals surface area contributed by atoms with Crippen molar-refractivity contribution in [3.05, 3.63) is 40.2 Å². The SMILES string of the molecule is CC(=O)OC[C@@H]1O[C@@H](Oc2ccc3c(C)cc(=O)oc3c2)[C@H](NC(=O)C(F)(F)F)[C@H](OC(C)=O)[C@@H]1OC(C)=O. The Kier molecular flexibility index (Phi) is 8.84. The van der Waals surface area contributed by atoms with E-state index in [1.54, 1.807) is 12.2 Å². The van der Waals surface area contributed by atoms with Crippen LogP contribution in [0, 0.1) is 6.92 Å². The number of fused-ring (bicyclic) bond motifs is 1. The van der Waals surface area contributed by atoms with Crippen molar-refractivity contribution in [3.63, 3.8) is 0 Å². The lowest BCUT2D eigenvalue weighted by atomic mass is 9.96. The predicted molar refractivity (Wildman–Crippen MR) is 122 cm³/mol. The number of nitrogens with one attached hydrogen (secondary N) is 1. The number of aryl methyl sites for hydroxylation is 1. The summed E-state index contributed by atoms with van der Waals surface area (Å²) in [4.78, 5) is 58.9. The molecule has 1 aromatic heterocycles. The Morgan fingerprint density at radius 3 is 2.21 bits per heavy atom. The molecule has 0 saturated carbocycles. The summed E-state index contributed by atoms with van der Waals surface area (Å²) in [5.41, 5.74) is -0.00502. The van der Waals surface area contributed by atoms with Crippen LogP contribution in [0.15, 0.2) is 33.5 Å². The number of carbonyl (C=O) groups excluding carboxylic acids is 4. The van der Waals surface area contributed by atoms with Gasteiger partial charge in [0.05, 0.1) is 0 Å². The van der Waals surface area contributed by atoms with Gasteiger partial charge in [-0.05, 0) is 24.6 Å². The van der Waals surface area contributed by atoms with Gasteiger partial charge in [-0.3, -0.25) is 19.2 Å². The highest BCUT2D eigenvalue weighted by molar-refractivity contribution is 5.82. The van der Waals surface area contributed by atoms with E-state index in [0.717, 1.165) is 20.8 Å². The number of carbonyl (C=O) groups is 4. The van der Waals surface area contributed by atoms with Crippen LogP contribution in [-0.4, -0.2) is 67.2 Å². The highest BCUT2D eigenvalue weighted by Crippen LogP contribution is 2.31. The molecule has 212 valence electrons. The summed E-state index contributed by atoms with van der Waals surface area (Å²) in [6.45, 7) is 4.05. The fourth-order valence-corrected chi connectivity index (χ4v) is 3.90. The maximum absolute atomic E-state index is 13.2. The summed E-state index contributed by atoms with van der Waals surface area (Å²) in [7, 11) is 0. The van der Waals surface area contributed by atoms with Crippen molar-refractivity contribution in [3.8, 4) is 5.75 Å². The largest absolute Gasteiger partial charge is 0.471 e. The van der Waals surface area contributed by atoms with Crippen molar-refractivity contribution in [2.75, 3.05) is 6.61 Å². The Morgan fingerprint density at radius 2 is 1.62 bits per heavy atom. The normalized spacial score (nSPS) is 23.0. The molecule has 1 amide bonds. The average Bonchev–Trinajstić information content (AvgIpc) is 2.79. The quantitative estimate of drug-likeness (QED) is 0.299. The van der Waals surface area contributed by atoms with Gasteiger partial charge >= 0.3 is 35.6 Å². The molecule has 0 spiro atoms. The summed E-state index contributed by atoms with van der Waals surface area (Å²) in [6.07, 6.45) is -12.0. The van der Waals surface area contributed by atoms with Gasteiger partial charge in [0, 0.05) is 38.3 Å². The number of rotatable bonds is 7. The highest BCUT2D eigenvalue weighted by Gasteiger charge is 2.54. The molecule has 2 heterocycles. The molecule has 5 atom stereocenters. The van der Waals surface area contributed by atoms with E-state index in [-0.39, 0.29) is 11.3 Å². The van der Waals surface area contributed by atoms with Crippen molar-refractivity contribution in [2.24, 2.45) is 0 Å². The molecule has 1 aliphatic heterocycles. The lowest BCUT2D eigenvalue weighted by molar-refractivity contribution is -0.258. The van der Waals surface area contributed by atoms with E-state index in [1.165, 1.54) is 24.3 Å². The molecule has 39 heavy (non-hydrogen) atoms. The molecule has 0 bridgehead atoms. The van der Waals surface area contributed by atoms with Gasteiger partial charge in [-0.25, -0.2) is 4.79 Å². The molecule has 2 aromatic rings. The number of amides is 1. The Hall–Kier alpha value is -4.14. The average molecular weight is 559 g/mol. The summed E-state index contributed by atoms with van der Waals surface area (Å²) in [5, 5.41) is 2.20. The van der Waals surface area contributed by atoms with E-state index in [1.807, 2.05) is 0 Å². The fourth-order valence-electron chi connectivity index (χ4n) is 3.90. The van der Waals surface area contributed by atoms with Gasteiger partial charge < -0.3 is 33.4 Å². The molecule has 0 radical (unpaired) electrons. The van der Waals surface area contributed by atoms with Crippen LogP contribution < -0.4 is 15.7 Å². The summed E-state index contributed by atoms with van der Waals surface area (Å²) in [6, 6.07) is 3.53. The van der Waals surface area contributed by atoms with Crippen molar-refractivity contribution in [1.82, 2.24) is 5.32 Å². The third-order valence-corrected chi connectivity index (χ3v) is 5.43. The number of esters is 3. The standard InChI is InChI=1S/C24H24F3NO11/c1-10-7-18(32)38-16-8-14(5-6-15(10)16)37-22-19(28-23(33)24(25,26)27)21(36-13(4)31)20(35-12(3)30)17(39-22)9-34-11(2)29/h5-8,17,19-22H,9H2,1-4H3,(H,28,33)/t17-,19+,20+,21-,22+/m0/s1. The van der Waals surface area contributed by atoms with Gasteiger partial charge in [0.15, 0.2) is 12.2 Å². The molecule has 12 nitrogen and oxygen atoms in total. The molecular weight excluding hydrogens is 535 g/mol. The van der Waals surface area contributed by atoms with Crippen LogP contribution in [0.4, 0.5) is 13.2 Å². The Balaban J connectivity index is 2.08. The number of alkyl halides is 3. The smallest absolute Gasteiger partial charge is 0.463 e. The van der Waals surface area contributed by atoms with Gasteiger partial charge in [-0.15, -0.1) is 0 Å². The second kappa shape index (κ2) is 11.7. The van der Waals surface area contributed by atoms with Crippen LogP contribution in [0.5, 0.6) is 5.75 Å². The molecule has 1 aromatic carbocycles. The van der Waals surface area contributed by atoms with E-state index in [9.17, 15) is 37.1 Å². The zero-order valence-corrected chi connectivity index (χ0v) is 21.0. The molecule has 0 unspecified atom stereocenters. The van der Waals surface area contributed by atoms with Crippen molar-refractivity contribution >= 4 is 34.8 Å². The number of benzene rings is 1. The van der Waals surface area contributed by atoms with E-state index in [0.29, 0.717) is 10.9 Å². The van der Waals surface area contributed by atoms with Gasteiger partial charge in [0.1, 0.15) is 30.1 Å². The van der Waals surface area contributed by atoms with Crippen LogP contribution >= 0.6 is 0 Å². The summed E-state index contributed by atoms with van der Waals surface area (Å²) in [5.74, 6) is -5.21. The number of halogens is 3. The molecule has 0 aliphatic carbocycles. The van der Waals surface area contributed by atoms with Crippen molar-refractivity contribution in [1.29, 1.82) is 0 Å². The third kappa shape index (κ3) is 7.46. The molecule has 3 rings (SSSR count). The second-order valence-corrected chi connectivity index (χ2v) is 8.51. The van der Waals surface area contributed by atoms with Crippen molar-refractivity contribution < 1.29 is 60.5 Å². The Bertz CT molecular complexity index is 1320. The van der Waals surface area contributed by atoms with Gasteiger partial charge in [0.2, 0.25) is 6.29 Å². The monoisotopic (exact) mass is 559 g/mol. The lowest BCUT2D eigenvalue weighted by Crippen LogP contribution is -2.68. The van der Waals surface area contributed by atoms with Gasteiger partial charge in [-0.2, -0.15) is 13.2 Å². The van der Waals surface area contributed by atoms with E-state index < -0.39 is 72.9 Å². The molecule has 1 aliphatic rings. The first-order valence-electron chi connectivity index (χ1n) is 11.4. The zero-order chi connectivity index (χ0) is 29.1. The molecule has 1 N–H and O–H groups in total. The minimum Gasteiger partial charge on any atom is -0.463 e. The van der Waals surface area contributed by atoms with E-state index in [4.69, 9.17) is 28.1 Å². The molecular formula is C24H24F3NO11. The minimum atomic E-state index is -5.36. The van der Waals surface area contributed by atoms with Gasteiger partial charge in [0.25, 0.3) is 0 Å². The number of hydrogen-bond donors (Lipinski definition) is 1. The van der Waals surface area contributed by atoms with E-state index >= 15 is 0 Å². The first kappa shape index (κ1) is 29.4. The molecule has 1 saturated heterocycles. The zero-order valence-electron chi connectivity index (χ0n) is 21.0. The number of ether oxygens (including phenoxy) is 5. The maximum Gasteiger partial charge on any atom is 0.471 e. The predicted octanol–water partition coefficient (Wildman–Crippen LogP) is 1.68. The highest BCUT2D eigenvalue weighted by atomic mass is 19.4. The minimum absolute atomic E-state index is 0.0775. The van der Waals surface area contributed by atoms with E-state index in [2.05, 4.69) is 0 Å². The third-order valence-electron chi connectivity index (χ3n) is 5.43. The topological polar surface area (TPSA) is 157 Å². The van der Waals surface area contributed by atoms with Crippen LogP contribution in [0.2, 0.25) is 0 Å². The van der Waals surface area contributed by atoms with Crippen LogP contribution in [0.25, 0.3) is 11.0 Å². The number of hydrogen-bond acceptors (Lipinski definition) is 11. The Labute approximate surface area is 218 Å². The first-order chi connectivity index (χ1) is 18.1. The van der Waals surface area contributed by atoms with Crippen LogP contribution in [-0.2, 0) is 38.1 Å². The first-order valence-corrected chi connectivity index (χ1v) is 11.4. The van der Waals surface area contributed by atoms with Crippen molar-refractivity contribution in [2.45, 2.75) is 64.5 Å². The van der Waals surface area contributed by atoms with Crippen LogP contribution in [0.3, 0.4) is 0 Å². The van der Waals surface area contributed by atoms with Crippen LogP contribution in [0.1, 0.15) is 26.3 Å². The second-order valence-electron chi connectivity index (χ2n) is 8.51. The molecule has 1 fully saturated rings. The summed E-state index contributed by atoms with van der Waals surface area (Å²) < 4.78 is 71.5. The molecule has 15 heteroatoms. The lowest BCUT2D eigenvalue weighted by Gasteiger charge is -2.44. The summed E-state index contributed by atoms with van der Waals surface area (Å²) >= 11 is 0. The Morgan fingerprint density at radius 1 is 0.974 bits per heavy atom.